The first-order valence-corrected chi connectivity index (χ1v) is 10.2. The van der Waals surface area contributed by atoms with Gasteiger partial charge >= 0.3 is 5.97 Å². The Kier molecular flexibility index (Phi) is 6.00. The number of phenols is 6. The minimum absolute atomic E-state index is 0.0629. The van der Waals surface area contributed by atoms with E-state index in [1.165, 1.54) is 38.5 Å². The molecule has 3 aromatic rings. The summed E-state index contributed by atoms with van der Waals surface area (Å²) < 4.78 is 21.5. The maximum atomic E-state index is 13.0. The lowest BCUT2D eigenvalue weighted by Gasteiger charge is -2.34. The molecule has 0 fully saturated rings. The summed E-state index contributed by atoms with van der Waals surface area (Å²) in [6.07, 6.45) is -2.25. The normalized spacial score (nSPS) is 16.6. The predicted molar refractivity (Wildman–Crippen MR) is 119 cm³/mol. The van der Waals surface area contributed by atoms with Crippen molar-refractivity contribution in [3.8, 4) is 51.7 Å². The first-order valence-electron chi connectivity index (χ1n) is 10.2. The lowest BCUT2D eigenvalue weighted by atomic mass is 9.93. The summed E-state index contributed by atoms with van der Waals surface area (Å²) in [5.74, 6) is -3.62. The Labute approximate surface area is 198 Å². The summed E-state index contributed by atoms with van der Waals surface area (Å²) in [4.78, 5) is 13.0. The number of rotatable bonds is 5. The Morgan fingerprint density at radius 2 is 1.54 bits per heavy atom. The average molecular weight is 486 g/mol. The quantitative estimate of drug-likeness (QED) is 0.231. The van der Waals surface area contributed by atoms with Crippen LogP contribution >= 0.6 is 0 Å². The van der Waals surface area contributed by atoms with Crippen LogP contribution in [0.15, 0.2) is 36.4 Å². The molecule has 35 heavy (non-hydrogen) atoms. The molecule has 0 aromatic heterocycles. The largest absolute Gasteiger partial charge is 0.508 e. The molecular weight excluding hydrogens is 464 g/mol. The van der Waals surface area contributed by atoms with Crippen LogP contribution in [0.2, 0.25) is 0 Å². The van der Waals surface area contributed by atoms with Crippen molar-refractivity contribution in [3.63, 3.8) is 0 Å². The van der Waals surface area contributed by atoms with E-state index in [9.17, 15) is 35.4 Å². The molecule has 0 saturated carbocycles. The lowest BCUT2D eigenvalue weighted by molar-refractivity contribution is -0.0189. The molecule has 184 valence electrons. The molecule has 11 nitrogen and oxygen atoms in total. The molecule has 0 bridgehead atoms. The number of phenolic OH excluding ortho intramolecular Hbond substituents is 6. The molecule has 3 aromatic carbocycles. The third-order valence-corrected chi connectivity index (χ3v) is 5.54. The van der Waals surface area contributed by atoms with E-state index in [4.69, 9.17) is 18.9 Å². The van der Waals surface area contributed by atoms with Crippen LogP contribution in [-0.4, -0.2) is 56.9 Å². The van der Waals surface area contributed by atoms with Crippen molar-refractivity contribution < 1.29 is 54.4 Å². The third-order valence-electron chi connectivity index (χ3n) is 5.54. The maximum Gasteiger partial charge on any atom is 0.338 e. The van der Waals surface area contributed by atoms with Crippen LogP contribution in [0.25, 0.3) is 0 Å². The van der Waals surface area contributed by atoms with Crippen molar-refractivity contribution in [3.05, 3.63) is 53.1 Å². The fourth-order valence-electron chi connectivity index (χ4n) is 3.90. The van der Waals surface area contributed by atoms with Crippen LogP contribution in [0.4, 0.5) is 0 Å². The van der Waals surface area contributed by atoms with Gasteiger partial charge in [-0.3, -0.25) is 0 Å². The molecule has 11 heteroatoms. The number of fused-ring (bicyclic) bond motifs is 1. The average Bonchev–Trinajstić information content (AvgIpc) is 2.80. The first-order chi connectivity index (χ1) is 16.6. The van der Waals surface area contributed by atoms with Crippen molar-refractivity contribution in [2.24, 2.45) is 0 Å². The van der Waals surface area contributed by atoms with Crippen LogP contribution in [0, 0.1) is 0 Å². The van der Waals surface area contributed by atoms with E-state index in [-0.39, 0.29) is 51.9 Å². The zero-order valence-corrected chi connectivity index (χ0v) is 18.6. The third kappa shape index (κ3) is 4.31. The van der Waals surface area contributed by atoms with Crippen LogP contribution in [0.5, 0.6) is 51.7 Å². The van der Waals surface area contributed by atoms with E-state index in [0.717, 1.165) is 12.1 Å². The molecule has 0 saturated heterocycles. The topological polar surface area (TPSA) is 175 Å². The SMILES string of the molecule is COc1cc(C(=O)O[C@@H]2Cc3c(O)cc(O)cc3O[C@@H]2c2cc(O)c(OC)c(O)c2)cc(O)c1O. The zero-order chi connectivity index (χ0) is 25.4. The van der Waals surface area contributed by atoms with E-state index in [0.29, 0.717) is 0 Å². The van der Waals surface area contributed by atoms with Crippen molar-refractivity contribution in [1.29, 1.82) is 0 Å². The molecule has 2 atom stereocenters. The van der Waals surface area contributed by atoms with Gasteiger partial charge in [-0.15, -0.1) is 0 Å². The second-order valence-electron chi connectivity index (χ2n) is 7.77. The van der Waals surface area contributed by atoms with Gasteiger partial charge in [-0.2, -0.15) is 0 Å². The molecule has 1 aliphatic heterocycles. The second-order valence-corrected chi connectivity index (χ2v) is 7.77. The first kappa shape index (κ1) is 23.5. The monoisotopic (exact) mass is 486 g/mol. The van der Waals surface area contributed by atoms with Gasteiger partial charge < -0.3 is 49.6 Å². The number of ether oxygens (including phenoxy) is 4. The highest BCUT2D eigenvalue weighted by molar-refractivity contribution is 5.91. The number of esters is 1. The van der Waals surface area contributed by atoms with Gasteiger partial charge in [0, 0.05) is 29.7 Å². The van der Waals surface area contributed by atoms with Gasteiger partial charge in [0.25, 0.3) is 0 Å². The predicted octanol–water partition coefficient (Wildman–Crippen LogP) is 2.84. The number of carbonyl (C=O) groups is 1. The Bertz CT molecular complexity index is 1280. The van der Waals surface area contributed by atoms with Gasteiger partial charge in [-0.25, -0.2) is 4.79 Å². The molecule has 1 heterocycles. The highest BCUT2D eigenvalue weighted by Crippen LogP contribution is 2.46. The van der Waals surface area contributed by atoms with Gasteiger partial charge in [0.15, 0.2) is 29.1 Å². The summed E-state index contributed by atoms with van der Waals surface area (Å²) in [5, 5.41) is 60.4. The number of carbonyl (C=O) groups excluding carboxylic acids is 1. The molecule has 4 rings (SSSR count). The van der Waals surface area contributed by atoms with E-state index < -0.39 is 41.2 Å². The Morgan fingerprint density at radius 1 is 0.857 bits per heavy atom. The summed E-state index contributed by atoms with van der Waals surface area (Å²) in [7, 11) is 2.51. The van der Waals surface area contributed by atoms with E-state index >= 15 is 0 Å². The number of hydrogen-bond donors (Lipinski definition) is 6. The van der Waals surface area contributed by atoms with Crippen LogP contribution in [0.1, 0.15) is 27.6 Å². The highest BCUT2D eigenvalue weighted by Gasteiger charge is 2.37. The minimum Gasteiger partial charge on any atom is -0.508 e. The summed E-state index contributed by atoms with van der Waals surface area (Å²) in [5.41, 5.74) is 0.320. The summed E-state index contributed by atoms with van der Waals surface area (Å²) >= 11 is 0. The van der Waals surface area contributed by atoms with Gasteiger partial charge in [0.1, 0.15) is 23.4 Å². The second kappa shape index (κ2) is 8.93. The van der Waals surface area contributed by atoms with E-state index in [2.05, 4.69) is 0 Å². The summed E-state index contributed by atoms with van der Waals surface area (Å²) in [6, 6.07) is 7.06. The summed E-state index contributed by atoms with van der Waals surface area (Å²) in [6.45, 7) is 0. The van der Waals surface area contributed by atoms with E-state index in [1.54, 1.807) is 0 Å². The molecule has 6 N–H and O–H groups in total. The molecule has 0 spiro atoms. The van der Waals surface area contributed by atoms with Gasteiger partial charge in [0.05, 0.1) is 19.8 Å². The van der Waals surface area contributed by atoms with Gasteiger partial charge in [-0.05, 0) is 24.3 Å². The fraction of sp³-hybridized carbons (Fsp3) is 0.208. The van der Waals surface area contributed by atoms with Gasteiger partial charge in [-0.1, -0.05) is 0 Å². The van der Waals surface area contributed by atoms with Crippen molar-refractivity contribution >= 4 is 5.97 Å². The molecule has 0 unspecified atom stereocenters. The lowest BCUT2D eigenvalue weighted by Crippen LogP contribution is -2.34. The van der Waals surface area contributed by atoms with Crippen LogP contribution in [-0.2, 0) is 11.2 Å². The molecule has 0 amide bonds. The zero-order valence-electron chi connectivity index (χ0n) is 18.6. The fourth-order valence-corrected chi connectivity index (χ4v) is 3.90. The Balaban J connectivity index is 1.75. The molecular formula is C24H22O11. The van der Waals surface area contributed by atoms with Crippen LogP contribution < -0.4 is 14.2 Å². The maximum absolute atomic E-state index is 13.0. The van der Waals surface area contributed by atoms with Crippen molar-refractivity contribution in [1.82, 2.24) is 0 Å². The number of hydrogen-bond acceptors (Lipinski definition) is 11. The van der Waals surface area contributed by atoms with Crippen LogP contribution in [0.3, 0.4) is 0 Å². The standard InChI is InChI=1S/C24H22O11/c1-32-19-6-11(5-15(27)21(19)30)24(31)35-20-9-13-14(26)7-12(25)8-18(13)34-22(20)10-3-16(28)23(33-2)17(29)4-10/h3-8,20,22,25-30H,9H2,1-2H3/t20-,22-/m1/s1. The van der Waals surface area contributed by atoms with Gasteiger partial charge in [0.2, 0.25) is 11.5 Å². The Hall–Kier alpha value is -4.67. The molecule has 0 radical (unpaired) electrons. The smallest absolute Gasteiger partial charge is 0.338 e. The molecule has 0 aliphatic carbocycles. The highest BCUT2D eigenvalue weighted by atomic mass is 16.6. The minimum atomic E-state index is -1.10. The number of benzene rings is 3. The van der Waals surface area contributed by atoms with Crippen molar-refractivity contribution in [2.45, 2.75) is 18.6 Å². The molecule has 1 aliphatic rings. The van der Waals surface area contributed by atoms with E-state index in [1.807, 2.05) is 0 Å². The number of aromatic hydroxyl groups is 6. The van der Waals surface area contributed by atoms with Crippen molar-refractivity contribution in [2.75, 3.05) is 14.2 Å². The Morgan fingerprint density at radius 3 is 2.17 bits per heavy atom. The number of methoxy groups -OCH3 is 2.